The average Bonchev–Trinajstić information content (AvgIpc) is 3.00. The molecule has 1 heterocycles. The molecule has 6 nitrogen and oxygen atoms in total. The summed E-state index contributed by atoms with van der Waals surface area (Å²) in [7, 11) is 0. The standard InChI is InChI=1S/C19H17FN2O4/c1-10-8-12(18-13(23)7-6-11(20)17(10)18)21-22-19(24)16-9-25-14-4-2-3-5-15(14)26-16/h2-7,10,16,23H,8-9H2,1H3,(H,22,24)/b21-12+/t10-,16-/m0/s1. The molecule has 1 aliphatic carbocycles. The molecule has 0 saturated carbocycles. The second kappa shape index (κ2) is 6.33. The van der Waals surface area contributed by atoms with Crippen LogP contribution in [0.1, 0.15) is 30.4 Å². The molecule has 0 radical (unpaired) electrons. The van der Waals surface area contributed by atoms with Gasteiger partial charge in [0.25, 0.3) is 5.91 Å². The molecule has 0 saturated heterocycles. The SMILES string of the molecule is C[C@H]1C/C(=N\NC(=O)[C@@H]2COc3ccccc3O2)c2c(O)ccc(F)c21. The number of amides is 1. The summed E-state index contributed by atoms with van der Waals surface area (Å²) in [5.74, 6) is 0.0400. The molecule has 2 atom stereocenters. The predicted molar refractivity (Wildman–Crippen MR) is 92.1 cm³/mol. The van der Waals surface area contributed by atoms with Crippen LogP contribution in [0.25, 0.3) is 0 Å². The van der Waals surface area contributed by atoms with Crippen molar-refractivity contribution < 1.29 is 23.8 Å². The van der Waals surface area contributed by atoms with Gasteiger partial charge < -0.3 is 14.6 Å². The summed E-state index contributed by atoms with van der Waals surface area (Å²) in [6.07, 6.45) is -0.414. The van der Waals surface area contributed by atoms with Crippen molar-refractivity contribution in [2.75, 3.05) is 6.61 Å². The summed E-state index contributed by atoms with van der Waals surface area (Å²) in [5.41, 5.74) is 3.65. The van der Waals surface area contributed by atoms with Gasteiger partial charge in [0.1, 0.15) is 18.2 Å². The van der Waals surface area contributed by atoms with Gasteiger partial charge in [0.05, 0.1) is 5.71 Å². The molecule has 2 aromatic carbocycles. The molecule has 0 unspecified atom stereocenters. The minimum atomic E-state index is -0.839. The zero-order chi connectivity index (χ0) is 18.3. The fraction of sp³-hybridized carbons (Fsp3) is 0.263. The van der Waals surface area contributed by atoms with Gasteiger partial charge in [0.15, 0.2) is 11.5 Å². The number of nitrogens with one attached hydrogen (secondary N) is 1. The zero-order valence-corrected chi connectivity index (χ0v) is 14.0. The number of carbonyl (C=O) groups is 1. The van der Waals surface area contributed by atoms with Crippen LogP contribution in [-0.4, -0.2) is 29.4 Å². The Morgan fingerprint density at radius 3 is 2.85 bits per heavy atom. The summed E-state index contributed by atoms with van der Waals surface area (Å²) in [4.78, 5) is 12.4. The van der Waals surface area contributed by atoms with Gasteiger partial charge in [0, 0.05) is 11.1 Å². The first kappa shape index (κ1) is 16.4. The van der Waals surface area contributed by atoms with Gasteiger partial charge in [-0.1, -0.05) is 19.1 Å². The molecule has 0 aromatic heterocycles. The van der Waals surface area contributed by atoms with Crippen LogP contribution in [0, 0.1) is 5.82 Å². The Labute approximate surface area is 149 Å². The monoisotopic (exact) mass is 356 g/mol. The molecule has 2 aromatic rings. The molecular weight excluding hydrogens is 339 g/mol. The van der Waals surface area contributed by atoms with Crippen LogP contribution in [0.3, 0.4) is 0 Å². The number of hydrogen-bond acceptors (Lipinski definition) is 5. The van der Waals surface area contributed by atoms with Crippen LogP contribution in [0.2, 0.25) is 0 Å². The van der Waals surface area contributed by atoms with Crippen molar-refractivity contribution in [3.63, 3.8) is 0 Å². The number of aromatic hydroxyl groups is 1. The average molecular weight is 356 g/mol. The Morgan fingerprint density at radius 1 is 1.27 bits per heavy atom. The quantitative estimate of drug-likeness (QED) is 0.811. The zero-order valence-electron chi connectivity index (χ0n) is 14.0. The molecular formula is C19H17FN2O4. The lowest BCUT2D eigenvalue weighted by Gasteiger charge is -2.24. The third-order valence-electron chi connectivity index (χ3n) is 4.55. The number of carbonyl (C=O) groups excluding carboxylic acids is 1. The number of fused-ring (bicyclic) bond motifs is 2. The van der Waals surface area contributed by atoms with Gasteiger partial charge in [-0.25, -0.2) is 9.82 Å². The molecule has 0 bridgehead atoms. The smallest absolute Gasteiger partial charge is 0.284 e. The lowest BCUT2D eigenvalue weighted by Crippen LogP contribution is -2.42. The lowest BCUT2D eigenvalue weighted by molar-refractivity contribution is -0.130. The maximum absolute atomic E-state index is 14.0. The van der Waals surface area contributed by atoms with Crippen LogP contribution >= 0.6 is 0 Å². The molecule has 4 rings (SSSR count). The largest absolute Gasteiger partial charge is 0.507 e. The predicted octanol–water partition coefficient (Wildman–Crippen LogP) is 2.70. The van der Waals surface area contributed by atoms with Crippen LogP contribution < -0.4 is 14.9 Å². The highest BCUT2D eigenvalue weighted by atomic mass is 19.1. The van der Waals surface area contributed by atoms with Gasteiger partial charge in [-0.05, 0) is 36.6 Å². The van der Waals surface area contributed by atoms with Crippen LogP contribution in [0.15, 0.2) is 41.5 Å². The Kier molecular flexibility index (Phi) is 3.99. The van der Waals surface area contributed by atoms with E-state index < -0.39 is 12.0 Å². The van der Waals surface area contributed by atoms with Crippen molar-refractivity contribution in [2.45, 2.75) is 25.4 Å². The third kappa shape index (κ3) is 2.75. The van der Waals surface area contributed by atoms with Crippen molar-refractivity contribution in [3.05, 3.63) is 53.3 Å². The highest BCUT2D eigenvalue weighted by Gasteiger charge is 2.32. The van der Waals surface area contributed by atoms with Gasteiger partial charge in [-0.2, -0.15) is 5.10 Å². The second-order valence-electron chi connectivity index (χ2n) is 6.36. The maximum Gasteiger partial charge on any atom is 0.284 e. The molecule has 134 valence electrons. The summed E-state index contributed by atoms with van der Waals surface area (Å²) >= 11 is 0. The van der Waals surface area contributed by atoms with Crippen molar-refractivity contribution >= 4 is 11.6 Å². The number of hydrazone groups is 1. The van der Waals surface area contributed by atoms with Crippen LogP contribution in [-0.2, 0) is 4.79 Å². The van der Waals surface area contributed by atoms with Crippen LogP contribution in [0.4, 0.5) is 4.39 Å². The van der Waals surface area contributed by atoms with E-state index in [2.05, 4.69) is 10.5 Å². The van der Waals surface area contributed by atoms with Crippen molar-refractivity contribution in [2.24, 2.45) is 5.10 Å². The molecule has 0 spiro atoms. The summed E-state index contributed by atoms with van der Waals surface area (Å²) in [5, 5.41) is 14.2. The maximum atomic E-state index is 14.0. The Morgan fingerprint density at radius 2 is 2.04 bits per heavy atom. The number of nitrogens with zero attached hydrogens (tertiary/aromatic N) is 1. The molecule has 1 amide bonds. The van der Waals surface area contributed by atoms with Crippen LogP contribution in [0.5, 0.6) is 17.2 Å². The van der Waals surface area contributed by atoms with E-state index in [1.54, 1.807) is 18.2 Å². The van der Waals surface area contributed by atoms with Gasteiger partial charge in [0.2, 0.25) is 6.10 Å². The number of benzene rings is 2. The molecule has 2 aliphatic rings. The summed E-state index contributed by atoms with van der Waals surface area (Å²) in [6, 6.07) is 9.61. The van der Waals surface area contributed by atoms with E-state index in [1.165, 1.54) is 12.1 Å². The Balaban J connectivity index is 1.52. The van der Waals surface area contributed by atoms with E-state index in [4.69, 9.17) is 9.47 Å². The molecule has 1 aliphatic heterocycles. The van der Waals surface area contributed by atoms with Crippen molar-refractivity contribution in [1.29, 1.82) is 0 Å². The first-order valence-corrected chi connectivity index (χ1v) is 8.31. The van der Waals surface area contributed by atoms with Gasteiger partial charge in [-0.3, -0.25) is 4.79 Å². The summed E-state index contributed by atoms with van der Waals surface area (Å²) in [6.45, 7) is 1.92. The number of phenolic OH excluding ortho intramolecular Hbond substituents is 1. The normalized spacial score (nSPS) is 22.2. The number of hydrogen-bond donors (Lipinski definition) is 2. The second-order valence-corrected chi connectivity index (χ2v) is 6.36. The molecule has 2 N–H and O–H groups in total. The van der Waals surface area contributed by atoms with E-state index in [-0.39, 0.29) is 24.1 Å². The Bertz CT molecular complexity index is 912. The molecule has 26 heavy (non-hydrogen) atoms. The first-order valence-electron chi connectivity index (χ1n) is 8.31. The minimum Gasteiger partial charge on any atom is -0.507 e. The number of phenols is 1. The fourth-order valence-corrected chi connectivity index (χ4v) is 3.31. The fourth-order valence-electron chi connectivity index (χ4n) is 3.31. The van der Waals surface area contributed by atoms with E-state index in [9.17, 15) is 14.3 Å². The Hall–Kier alpha value is -3.09. The lowest BCUT2D eigenvalue weighted by atomic mass is 10.0. The minimum absolute atomic E-state index is 0.0510. The number of rotatable bonds is 2. The number of ether oxygens (including phenoxy) is 2. The topological polar surface area (TPSA) is 80.2 Å². The van der Waals surface area contributed by atoms with Gasteiger partial charge >= 0.3 is 0 Å². The third-order valence-corrected chi connectivity index (χ3v) is 4.55. The highest BCUT2D eigenvalue weighted by Crippen LogP contribution is 2.39. The first-order chi connectivity index (χ1) is 12.5. The molecule has 0 fully saturated rings. The van der Waals surface area contributed by atoms with Crippen molar-refractivity contribution in [1.82, 2.24) is 5.43 Å². The van der Waals surface area contributed by atoms with Crippen molar-refractivity contribution in [3.8, 4) is 17.2 Å². The van der Waals surface area contributed by atoms with E-state index in [0.717, 1.165) is 0 Å². The van der Waals surface area contributed by atoms with E-state index >= 15 is 0 Å². The van der Waals surface area contributed by atoms with Gasteiger partial charge in [-0.15, -0.1) is 0 Å². The number of halogens is 1. The number of para-hydroxylation sites is 2. The summed E-state index contributed by atoms with van der Waals surface area (Å²) < 4.78 is 25.2. The molecule has 7 heteroatoms. The highest BCUT2D eigenvalue weighted by molar-refractivity contribution is 6.07. The van der Waals surface area contributed by atoms with E-state index in [1.807, 2.05) is 13.0 Å². The van der Waals surface area contributed by atoms with E-state index in [0.29, 0.717) is 34.8 Å².